The zero-order valence-corrected chi connectivity index (χ0v) is 15.9. The van der Waals surface area contributed by atoms with E-state index >= 15 is 0 Å². The van der Waals surface area contributed by atoms with Gasteiger partial charge in [0.15, 0.2) is 0 Å². The maximum Gasteiger partial charge on any atom is 0.268 e. The molecule has 0 radical (unpaired) electrons. The minimum absolute atomic E-state index is 0.0396. The smallest absolute Gasteiger partial charge is 0.268 e. The quantitative estimate of drug-likeness (QED) is 0.748. The van der Waals surface area contributed by atoms with Crippen LogP contribution < -0.4 is 10.2 Å². The second-order valence-corrected chi connectivity index (χ2v) is 7.32. The lowest BCUT2D eigenvalue weighted by Gasteiger charge is -2.34. The third-order valence-corrected chi connectivity index (χ3v) is 5.38. The summed E-state index contributed by atoms with van der Waals surface area (Å²) in [6, 6.07) is 18.2. The van der Waals surface area contributed by atoms with Gasteiger partial charge in [-0.15, -0.1) is 0 Å². The Bertz CT molecular complexity index is 926. The van der Waals surface area contributed by atoms with Gasteiger partial charge in [0.05, 0.1) is 6.04 Å². The molecular weight excluding hydrogens is 336 g/mol. The number of likely N-dealkylation sites (N-methyl/N-ethyl adjacent to an activating group) is 1. The number of nitrogens with one attached hydrogen (secondary N) is 2. The van der Waals surface area contributed by atoms with Crippen molar-refractivity contribution in [1.82, 2.24) is 15.2 Å². The standard InChI is InChI=1S/C22H26N4O/c1-16(17-7-4-3-5-8-17)23-22(27)20-15-18-19(24-20)9-6-10-21(18)26-13-11-25(2)12-14-26/h3-10,15-16,24H,11-14H2,1-2H3,(H,23,27)/t16-/m1/s1. The van der Waals surface area contributed by atoms with Crippen molar-refractivity contribution in [3.05, 3.63) is 65.9 Å². The Balaban J connectivity index is 1.56. The number of aromatic nitrogens is 1. The summed E-state index contributed by atoms with van der Waals surface area (Å²) in [4.78, 5) is 20.8. The first kappa shape index (κ1) is 17.6. The largest absolute Gasteiger partial charge is 0.368 e. The van der Waals surface area contributed by atoms with Gasteiger partial charge in [-0.3, -0.25) is 4.79 Å². The number of fused-ring (bicyclic) bond motifs is 1. The fourth-order valence-electron chi connectivity index (χ4n) is 3.68. The molecule has 0 spiro atoms. The monoisotopic (exact) mass is 362 g/mol. The van der Waals surface area contributed by atoms with Crippen LogP contribution in [-0.2, 0) is 0 Å². The summed E-state index contributed by atoms with van der Waals surface area (Å²) in [6.45, 7) is 6.14. The zero-order chi connectivity index (χ0) is 18.8. The molecule has 2 aromatic carbocycles. The molecule has 4 rings (SSSR count). The number of H-pyrrole nitrogens is 1. The molecular formula is C22H26N4O. The van der Waals surface area contributed by atoms with E-state index in [1.807, 2.05) is 49.4 Å². The van der Waals surface area contributed by atoms with Crippen molar-refractivity contribution in [2.45, 2.75) is 13.0 Å². The summed E-state index contributed by atoms with van der Waals surface area (Å²) < 4.78 is 0. The molecule has 1 aliphatic heterocycles. The first-order valence-electron chi connectivity index (χ1n) is 9.53. The highest BCUT2D eigenvalue weighted by molar-refractivity contribution is 6.02. The van der Waals surface area contributed by atoms with Crippen molar-refractivity contribution in [2.75, 3.05) is 38.1 Å². The predicted octanol–water partition coefficient (Wildman–Crippen LogP) is 3.41. The Hall–Kier alpha value is -2.79. The summed E-state index contributed by atoms with van der Waals surface area (Å²) >= 11 is 0. The van der Waals surface area contributed by atoms with Crippen molar-refractivity contribution >= 4 is 22.5 Å². The first-order chi connectivity index (χ1) is 13.1. The number of rotatable bonds is 4. The van der Waals surface area contributed by atoms with E-state index in [9.17, 15) is 4.79 Å². The number of hydrogen-bond donors (Lipinski definition) is 2. The summed E-state index contributed by atoms with van der Waals surface area (Å²) in [5.41, 5.74) is 3.91. The van der Waals surface area contributed by atoms with E-state index in [1.54, 1.807) is 0 Å². The van der Waals surface area contributed by atoms with Crippen molar-refractivity contribution < 1.29 is 4.79 Å². The van der Waals surface area contributed by atoms with E-state index in [4.69, 9.17) is 0 Å². The van der Waals surface area contributed by atoms with Gasteiger partial charge in [0.2, 0.25) is 0 Å². The van der Waals surface area contributed by atoms with Crippen LogP contribution in [0.25, 0.3) is 10.9 Å². The van der Waals surface area contributed by atoms with Crippen LogP contribution in [0.15, 0.2) is 54.6 Å². The SMILES string of the molecule is C[C@@H](NC(=O)c1cc2c(N3CCN(C)CC3)cccc2[nH]1)c1ccccc1. The Labute approximate surface area is 160 Å². The number of piperazine rings is 1. The second kappa shape index (κ2) is 7.45. The number of carbonyl (C=O) groups is 1. The molecule has 5 heteroatoms. The number of aromatic amines is 1. The van der Waals surface area contributed by atoms with Crippen LogP contribution in [0.4, 0.5) is 5.69 Å². The second-order valence-electron chi connectivity index (χ2n) is 7.32. The van der Waals surface area contributed by atoms with Crippen molar-refractivity contribution in [3.63, 3.8) is 0 Å². The summed E-state index contributed by atoms with van der Waals surface area (Å²) in [5.74, 6) is -0.0770. The van der Waals surface area contributed by atoms with Crippen LogP contribution in [0, 0.1) is 0 Å². The first-order valence-corrected chi connectivity index (χ1v) is 9.53. The summed E-state index contributed by atoms with van der Waals surface area (Å²) in [5, 5.41) is 4.20. The molecule has 1 fully saturated rings. The maximum atomic E-state index is 12.8. The van der Waals surface area contributed by atoms with E-state index in [2.05, 4.69) is 39.3 Å². The topological polar surface area (TPSA) is 51.4 Å². The van der Waals surface area contributed by atoms with Gasteiger partial charge >= 0.3 is 0 Å². The molecule has 0 unspecified atom stereocenters. The number of benzene rings is 2. The molecule has 0 aliphatic carbocycles. The van der Waals surface area contributed by atoms with E-state index < -0.39 is 0 Å². The molecule has 1 amide bonds. The molecule has 1 aliphatic rings. The van der Waals surface area contributed by atoms with Crippen molar-refractivity contribution in [3.8, 4) is 0 Å². The molecule has 2 N–H and O–H groups in total. The Morgan fingerprint density at radius 2 is 1.78 bits per heavy atom. The van der Waals surface area contributed by atoms with Crippen LogP contribution in [-0.4, -0.2) is 49.0 Å². The van der Waals surface area contributed by atoms with Crippen molar-refractivity contribution in [2.24, 2.45) is 0 Å². The van der Waals surface area contributed by atoms with Crippen molar-refractivity contribution in [1.29, 1.82) is 0 Å². The van der Waals surface area contributed by atoms with E-state index in [0.717, 1.165) is 42.6 Å². The molecule has 0 bridgehead atoms. The summed E-state index contributed by atoms with van der Waals surface area (Å²) in [6.07, 6.45) is 0. The highest BCUT2D eigenvalue weighted by Crippen LogP contribution is 2.28. The average Bonchev–Trinajstić information content (AvgIpc) is 3.14. The highest BCUT2D eigenvalue weighted by atomic mass is 16.1. The lowest BCUT2D eigenvalue weighted by atomic mass is 10.1. The number of carbonyl (C=O) groups excluding carboxylic acids is 1. The fourth-order valence-corrected chi connectivity index (χ4v) is 3.68. The zero-order valence-electron chi connectivity index (χ0n) is 15.9. The molecule has 27 heavy (non-hydrogen) atoms. The Morgan fingerprint density at radius 1 is 1.04 bits per heavy atom. The number of amides is 1. The molecule has 2 heterocycles. The Kier molecular flexibility index (Phi) is 4.86. The average molecular weight is 362 g/mol. The maximum absolute atomic E-state index is 12.8. The van der Waals surface area contributed by atoms with Crippen LogP contribution in [0.1, 0.15) is 29.0 Å². The third kappa shape index (κ3) is 3.69. The van der Waals surface area contributed by atoms with E-state index in [0.29, 0.717) is 5.69 Å². The number of nitrogens with zero attached hydrogens (tertiary/aromatic N) is 2. The lowest BCUT2D eigenvalue weighted by molar-refractivity contribution is 0.0935. The molecule has 140 valence electrons. The van der Waals surface area contributed by atoms with Gasteiger partial charge in [-0.05, 0) is 37.7 Å². The molecule has 1 atom stereocenters. The van der Waals surface area contributed by atoms with E-state index in [1.165, 1.54) is 5.69 Å². The van der Waals surface area contributed by atoms with Gasteiger partial charge in [-0.2, -0.15) is 0 Å². The third-order valence-electron chi connectivity index (χ3n) is 5.38. The molecule has 5 nitrogen and oxygen atoms in total. The van der Waals surface area contributed by atoms with Crippen LogP contribution in [0.5, 0.6) is 0 Å². The Morgan fingerprint density at radius 3 is 2.52 bits per heavy atom. The van der Waals surface area contributed by atoms with Gasteiger partial charge in [-0.25, -0.2) is 0 Å². The van der Waals surface area contributed by atoms with Gasteiger partial charge in [-0.1, -0.05) is 36.4 Å². The van der Waals surface area contributed by atoms with Crippen LogP contribution >= 0.6 is 0 Å². The van der Waals surface area contributed by atoms with Gasteiger partial charge < -0.3 is 20.1 Å². The van der Waals surface area contributed by atoms with Gasteiger partial charge in [0.25, 0.3) is 5.91 Å². The number of anilines is 1. The normalized spacial score (nSPS) is 16.4. The fraction of sp³-hybridized carbons (Fsp3) is 0.318. The minimum atomic E-state index is -0.0770. The molecule has 1 saturated heterocycles. The lowest BCUT2D eigenvalue weighted by Crippen LogP contribution is -2.44. The molecule has 3 aromatic rings. The van der Waals surface area contributed by atoms with E-state index in [-0.39, 0.29) is 11.9 Å². The predicted molar refractivity (Wildman–Crippen MR) is 110 cm³/mol. The van der Waals surface area contributed by atoms with Gasteiger partial charge in [0.1, 0.15) is 5.69 Å². The van der Waals surface area contributed by atoms with Gasteiger partial charge in [0, 0.05) is 42.8 Å². The highest BCUT2D eigenvalue weighted by Gasteiger charge is 2.19. The number of hydrogen-bond acceptors (Lipinski definition) is 3. The van der Waals surface area contributed by atoms with Crippen LogP contribution in [0.3, 0.4) is 0 Å². The molecule has 0 saturated carbocycles. The summed E-state index contributed by atoms with van der Waals surface area (Å²) in [7, 11) is 2.16. The minimum Gasteiger partial charge on any atom is -0.368 e. The van der Waals surface area contributed by atoms with Crippen LogP contribution in [0.2, 0.25) is 0 Å². The molecule has 1 aromatic heterocycles.